The number of amides is 1. The summed E-state index contributed by atoms with van der Waals surface area (Å²) in [5.74, 6) is 0.374. The molecular formula is C21H18N4O2. The Morgan fingerprint density at radius 1 is 1.07 bits per heavy atom. The third-order valence-electron chi connectivity index (χ3n) is 4.20. The summed E-state index contributed by atoms with van der Waals surface area (Å²) in [6, 6.07) is 20.3. The lowest BCUT2D eigenvalue weighted by molar-refractivity contribution is 0.0931. The van der Waals surface area contributed by atoms with Crippen LogP contribution in [0.3, 0.4) is 0 Å². The van der Waals surface area contributed by atoms with Crippen LogP contribution in [-0.4, -0.2) is 20.7 Å². The molecule has 0 bridgehead atoms. The van der Waals surface area contributed by atoms with Crippen molar-refractivity contribution in [2.75, 3.05) is 0 Å². The fourth-order valence-corrected chi connectivity index (χ4v) is 2.83. The predicted octanol–water partition coefficient (Wildman–Crippen LogP) is 4.02. The highest BCUT2D eigenvalue weighted by molar-refractivity contribution is 5.94. The van der Waals surface area contributed by atoms with Gasteiger partial charge in [0, 0.05) is 12.3 Å². The zero-order valence-corrected chi connectivity index (χ0v) is 14.7. The second-order valence-electron chi connectivity index (χ2n) is 6.09. The van der Waals surface area contributed by atoms with Gasteiger partial charge in [-0.3, -0.25) is 9.78 Å². The van der Waals surface area contributed by atoms with Gasteiger partial charge in [-0.15, -0.1) is 0 Å². The average Bonchev–Trinajstić information content (AvgIpc) is 3.39. The van der Waals surface area contributed by atoms with Gasteiger partial charge in [0.05, 0.1) is 23.7 Å². The van der Waals surface area contributed by atoms with Crippen LogP contribution in [0.15, 0.2) is 83.6 Å². The number of hydrogen-bond acceptors (Lipinski definition) is 4. The zero-order valence-electron chi connectivity index (χ0n) is 14.7. The van der Waals surface area contributed by atoms with Crippen molar-refractivity contribution in [2.24, 2.45) is 0 Å². The molecule has 0 radical (unpaired) electrons. The maximum absolute atomic E-state index is 13.0. The molecule has 0 aliphatic carbocycles. The monoisotopic (exact) mass is 358 g/mol. The normalized spacial score (nSPS) is 11.9. The van der Waals surface area contributed by atoms with E-state index < -0.39 is 0 Å². The molecule has 0 fully saturated rings. The molecule has 4 rings (SSSR count). The standard InChI is InChI=1S/C21H18N4O2/c1-15(17-10-5-6-12-22-17)23-21(26)19-14-18(20-11-7-13-27-20)24-25(19)16-8-3-2-4-9-16/h2-15H,1H3,(H,23,26). The van der Waals surface area contributed by atoms with Gasteiger partial charge in [0.25, 0.3) is 5.91 Å². The first-order valence-electron chi connectivity index (χ1n) is 8.63. The maximum atomic E-state index is 13.0. The van der Waals surface area contributed by atoms with Crippen molar-refractivity contribution in [3.63, 3.8) is 0 Å². The quantitative estimate of drug-likeness (QED) is 0.585. The molecule has 1 atom stereocenters. The molecule has 0 aliphatic rings. The van der Waals surface area contributed by atoms with Crippen LogP contribution >= 0.6 is 0 Å². The SMILES string of the molecule is CC(NC(=O)c1cc(-c2ccco2)nn1-c1ccccc1)c1ccccn1. The van der Waals surface area contributed by atoms with Crippen LogP contribution in [0.2, 0.25) is 0 Å². The van der Waals surface area contributed by atoms with E-state index in [0.29, 0.717) is 17.1 Å². The number of pyridine rings is 1. The van der Waals surface area contributed by atoms with Crippen molar-refractivity contribution in [1.29, 1.82) is 0 Å². The largest absolute Gasteiger partial charge is 0.463 e. The van der Waals surface area contributed by atoms with E-state index in [0.717, 1.165) is 11.4 Å². The first-order chi connectivity index (χ1) is 13.2. The first kappa shape index (κ1) is 16.8. The van der Waals surface area contributed by atoms with Crippen molar-refractivity contribution >= 4 is 5.91 Å². The van der Waals surface area contributed by atoms with Crippen LogP contribution in [0.4, 0.5) is 0 Å². The number of nitrogens with zero attached hydrogens (tertiary/aromatic N) is 3. The number of furan rings is 1. The molecule has 1 unspecified atom stereocenters. The number of benzene rings is 1. The number of rotatable bonds is 5. The minimum absolute atomic E-state index is 0.232. The summed E-state index contributed by atoms with van der Waals surface area (Å²) in [5.41, 5.74) is 2.61. The van der Waals surface area contributed by atoms with Crippen molar-refractivity contribution in [3.8, 4) is 17.1 Å². The molecule has 0 saturated carbocycles. The summed E-state index contributed by atoms with van der Waals surface area (Å²) in [5, 5.41) is 7.56. The highest BCUT2D eigenvalue weighted by Crippen LogP contribution is 2.22. The lowest BCUT2D eigenvalue weighted by Gasteiger charge is -2.14. The molecule has 0 aliphatic heterocycles. The summed E-state index contributed by atoms with van der Waals surface area (Å²) in [6.45, 7) is 1.90. The minimum atomic E-state index is -0.234. The van der Waals surface area contributed by atoms with E-state index in [9.17, 15) is 4.79 Å². The third kappa shape index (κ3) is 3.50. The Bertz CT molecular complexity index is 1020. The molecule has 0 saturated heterocycles. The van der Waals surface area contributed by atoms with E-state index >= 15 is 0 Å². The zero-order chi connectivity index (χ0) is 18.6. The Kier molecular flexibility index (Phi) is 4.53. The summed E-state index contributed by atoms with van der Waals surface area (Å²) >= 11 is 0. The topological polar surface area (TPSA) is 73.0 Å². The van der Waals surface area contributed by atoms with Gasteiger partial charge in [-0.1, -0.05) is 24.3 Å². The third-order valence-corrected chi connectivity index (χ3v) is 4.20. The summed E-state index contributed by atoms with van der Waals surface area (Å²) in [4.78, 5) is 17.3. The van der Waals surface area contributed by atoms with E-state index in [4.69, 9.17) is 4.42 Å². The van der Waals surface area contributed by atoms with Crippen molar-refractivity contribution in [3.05, 3.63) is 90.6 Å². The molecule has 1 aromatic carbocycles. The van der Waals surface area contributed by atoms with Gasteiger partial charge < -0.3 is 9.73 Å². The minimum Gasteiger partial charge on any atom is -0.463 e. The lowest BCUT2D eigenvalue weighted by Crippen LogP contribution is -2.29. The molecule has 6 heteroatoms. The molecule has 6 nitrogen and oxygen atoms in total. The van der Waals surface area contributed by atoms with E-state index in [1.54, 1.807) is 29.3 Å². The van der Waals surface area contributed by atoms with Gasteiger partial charge in [-0.05, 0) is 43.3 Å². The number of carbonyl (C=O) groups excluding carboxylic acids is 1. The average molecular weight is 358 g/mol. The van der Waals surface area contributed by atoms with Crippen LogP contribution < -0.4 is 5.32 Å². The predicted molar refractivity (Wildman–Crippen MR) is 101 cm³/mol. The smallest absolute Gasteiger partial charge is 0.270 e. The first-order valence-corrected chi connectivity index (χ1v) is 8.63. The van der Waals surface area contributed by atoms with Gasteiger partial charge in [-0.25, -0.2) is 4.68 Å². The Labute approximate surface area is 156 Å². The molecule has 134 valence electrons. The van der Waals surface area contributed by atoms with E-state index in [-0.39, 0.29) is 11.9 Å². The highest BCUT2D eigenvalue weighted by atomic mass is 16.3. The fourth-order valence-electron chi connectivity index (χ4n) is 2.83. The van der Waals surface area contributed by atoms with Gasteiger partial charge >= 0.3 is 0 Å². The lowest BCUT2D eigenvalue weighted by atomic mass is 10.2. The Morgan fingerprint density at radius 3 is 2.59 bits per heavy atom. The second-order valence-corrected chi connectivity index (χ2v) is 6.09. The number of carbonyl (C=O) groups is 1. The molecule has 27 heavy (non-hydrogen) atoms. The van der Waals surface area contributed by atoms with Crippen molar-refractivity contribution in [2.45, 2.75) is 13.0 Å². The summed E-state index contributed by atoms with van der Waals surface area (Å²) in [7, 11) is 0. The van der Waals surface area contributed by atoms with Crippen LogP contribution in [-0.2, 0) is 0 Å². The van der Waals surface area contributed by atoms with Gasteiger partial charge in [0.2, 0.25) is 0 Å². The van der Waals surface area contributed by atoms with Gasteiger partial charge in [0.15, 0.2) is 5.76 Å². The number of nitrogens with one attached hydrogen (secondary N) is 1. The molecule has 1 N–H and O–H groups in total. The fraction of sp³-hybridized carbons (Fsp3) is 0.0952. The Morgan fingerprint density at radius 2 is 1.89 bits per heavy atom. The van der Waals surface area contributed by atoms with Crippen molar-refractivity contribution in [1.82, 2.24) is 20.1 Å². The highest BCUT2D eigenvalue weighted by Gasteiger charge is 2.20. The molecule has 3 heterocycles. The van der Waals surface area contributed by atoms with Crippen LogP contribution in [0, 0.1) is 0 Å². The van der Waals surface area contributed by atoms with E-state index in [1.165, 1.54) is 0 Å². The van der Waals surface area contributed by atoms with Crippen LogP contribution in [0.25, 0.3) is 17.1 Å². The molecule has 0 spiro atoms. The Balaban J connectivity index is 1.69. The maximum Gasteiger partial charge on any atom is 0.270 e. The van der Waals surface area contributed by atoms with Crippen LogP contribution in [0.1, 0.15) is 29.1 Å². The molecule has 4 aromatic rings. The summed E-state index contributed by atoms with van der Waals surface area (Å²) < 4.78 is 7.06. The number of hydrogen-bond donors (Lipinski definition) is 1. The van der Waals surface area contributed by atoms with E-state index in [1.807, 2.05) is 61.5 Å². The van der Waals surface area contributed by atoms with Gasteiger partial charge in [0.1, 0.15) is 11.4 Å². The summed E-state index contributed by atoms with van der Waals surface area (Å²) in [6.07, 6.45) is 3.29. The molecular weight excluding hydrogens is 340 g/mol. The second kappa shape index (κ2) is 7.29. The molecule has 1 amide bonds. The van der Waals surface area contributed by atoms with E-state index in [2.05, 4.69) is 15.4 Å². The molecule has 3 aromatic heterocycles. The number of aromatic nitrogens is 3. The van der Waals surface area contributed by atoms with Gasteiger partial charge in [-0.2, -0.15) is 5.10 Å². The Hall–Kier alpha value is -3.67. The number of para-hydroxylation sites is 1. The van der Waals surface area contributed by atoms with Crippen molar-refractivity contribution < 1.29 is 9.21 Å². The van der Waals surface area contributed by atoms with Crippen LogP contribution in [0.5, 0.6) is 0 Å².